The van der Waals surface area contributed by atoms with E-state index in [1.165, 1.54) is 0 Å². The molecule has 0 N–H and O–H groups in total. The van der Waals surface area contributed by atoms with E-state index in [1.807, 2.05) is 12.1 Å². The molecule has 0 aliphatic carbocycles. The molecule has 3 rings (SSSR count). The molecule has 0 radical (unpaired) electrons. The van der Waals surface area contributed by atoms with E-state index in [-0.39, 0.29) is 0 Å². The molecule has 0 amide bonds. The van der Waals surface area contributed by atoms with E-state index >= 15 is 0 Å². The third-order valence-electron chi connectivity index (χ3n) is 2.71. The summed E-state index contributed by atoms with van der Waals surface area (Å²) in [6, 6.07) is 9.01. The molecule has 0 aliphatic heterocycles. The highest BCUT2D eigenvalue weighted by atomic mass is 35.5. The maximum absolute atomic E-state index is 10.8. The van der Waals surface area contributed by atoms with Gasteiger partial charge < -0.3 is 4.42 Å². The predicted octanol–water partition coefficient (Wildman–Crippen LogP) is 3.96. The Bertz CT molecular complexity index is 733. The van der Waals surface area contributed by atoms with Crippen molar-refractivity contribution >= 4 is 29.0 Å². The van der Waals surface area contributed by atoms with Crippen molar-refractivity contribution in [3.8, 4) is 11.1 Å². The minimum absolute atomic E-state index is 0.532. The molecule has 18 heavy (non-hydrogen) atoms. The summed E-state index contributed by atoms with van der Waals surface area (Å²) in [7, 11) is 0. The first kappa shape index (κ1) is 11.0. The Hall–Kier alpha value is -2.13. The van der Waals surface area contributed by atoms with E-state index in [4.69, 9.17) is 16.0 Å². The highest BCUT2D eigenvalue weighted by Gasteiger charge is 2.10. The zero-order valence-electron chi connectivity index (χ0n) is 9.26. The molecular formula is C14H8ClNO2. The number of pyridine rings is 1. The van der Waals surface area contributed by atoms with Crippen LogP contribution in [0.1, 0.15) is 10.4 Å². The number of rotatable bonds is 2. The monoisotopic (exact) mass is 257 g/mol. The van der Waals surface area contributed by atoms with Gasteiger partial charge in [-0.15, -0.1) is 0 Å². The van der Waals surface area contributed by atoms with E-state index in [0.717, 1.165) is 22.9 Å². The van der Waals surface area contributed by atoms with Crippen molar-refractivity contribution in [1.82, 2.24) is 4.98 Å². The highest BCUT2D eigenvalue weighted by molar-refractivity contribution is 6.31. The zero-order valence-corrected chi connectivity index (χ0v) is 10.0. The first-order chi connectivity index (χ1) is 8.78. The number of furan rings is 1. The standard InChI is InChI=1S/C14H8ClNO2/c15-11-5-13-14(16-6-11)12(8-18-13)10-3-1-2-9(4-10)7-17/h1-8H. The fourth-order valence-electron chi connectivity index (χ4n) is 1.88. The second kappa shape index (κ2) is 4.27. The first-order valence-electron chi connectivity index (χ1n) is 5.36. The zero-order chi connectivity index (χ0) is 12.5. The van der Waals surface area contributed by atoms with E-state index in [2.05, 4.69) is 4.98 Å². The number of fused-ring (bicyclic) bond motifs is 1. The van der Waals surface area contributed by atoms with E-state index < -0.39 is 0 Å². The van der Waals surface area contributed by atoms with Gasteiger partial charge in [0.15, 0.2) is 5.58 Å². The van der Waals surface area contributed by atoms with Crippen LogP contribution < -0.4 is 0 Å². The van der Waals surface area contributed by atoms with Gasteiger partial charge in [0.05, 0.1) is 5.02 Å². The molecule has 2 heterocycles. The van der Waals surface area contributed by atoms with Crippen molar-refractivity contribution in [3.05, 3.63) is 53.4 Å². The lowest BCUT2D eigenvalue weighted by molar-refractivity contribution is 0.112. The van der Waals surface area contributed by atoms with Gasteiger partial charge in [0, 0.05) is 23.4 Å². The van der Waals surface area contributed by atoms with Gasteiger partial charge in [-0.05, 0) is 11.6 Å². The molecule has 3 nitrogen and oxygen atoms in total. The number of nitrogens with zero attached hydrogens (tertiary/aromatic N) is 1. The van der Waals surface area contributed by atoms with Crippen LogP contribution in [0.15, 0.2) is 47.2 Å². The summed E-state index contributed by atoms with van der Waals surface area (Å²) >= 11 is 5.85. The summed E-state index contributed by atoms with van der Waals surface area (Å²) in [5.41, 5.74) is 3.74. The predicted molar refractivity (Wildman–Crippen MR) is 69.8 cm³/mol. The Kier molecular flexibility index (Phi) is 2.61. The molecule has 0 unspecified atom stereocenters. The van der Waals surface area contributed by atoms with Crippen LogP contribution in [0.2, 0.25) is 5.02 Å². The lowest BCUT2D eigenvalue weighted by Crippen LogP contribution is -1.82. The van der Waals surface area contributed by atoms with E-state index in [0.29, 0.717) is 16.2 Å². The number of hydrogen-bond donors (Lipinski definition) is 0. The Labute approximate surface area is 108 Å². The molecule has 0 bridgehead atoms. The molecule has 0 saturated heterocycles. The lowest BCUT2D eigenvalue weighted by Gasteiger charge is -1.99. The van der Waals surface area contributed by atoms with Crippen LogP contribution in [0.3, 0.4) is 0 Å². The smallest absolute Gasteiger partial charge is 0.154 e. The molecule has 0 spiro atoms. The Morgan fingerprint density at radius 3 is 3.00 bits per heavy atom. The molecule has 88 valence electrons. The van der Waals surface area contributed by atoms with Crippen LogP contribution in [-0.4, -0.2) is 11.3 Å². The number of halogens is 1. The van der Waals surface area contributed by atoms with Gasteiger partial charge in [0.25, 0.3) is 0 Å². The molecule has 0 fully saturated rings. The SMILES string of the molecule is O=Cc1cccc(-c2coc3cc(Cl)cnc23)c1. The molecular weight excluding hydrogens is 250 g/mol. The second-order valence-corrected chi connectivity index (χ2v) is 4.33. The average molecular weight is 258 g/mol. The molecule has 1 aromatic carbocycles. The van der Waals surface area contributed by atoms with Crippen molar-refractivity contribution in [1.29, 1.82) is 0 Å². The number of hydrogen-bond acceptors (Lipinski definition) is 3. The van der Waals surface area contributed by atoms with Crippen LogP contribution in [-0.2, 0) is 0 Å². The molecule has 3 aromatic rings. The van der Waals surface area contributed by atoms with Gasteiger partial charge in [-0.2, -0.15) is 0 Å². The summed E-state index contributed by atoms with van der Waals surface area (Å²) in [6.07, 6.45) is 4.01. The Balaban J connectivity index is 2.22. The van der Waals surface area contributed by atoms with Crippen LogP contribution >= 0.6 is 11.6 Å². The maximum Gasteiger partial charge on any atom is 0.154 e. The van der Waals surface area contributed by atoms with Gasteiger partial charge >= 0.3 is 0 Å². The minimum Gasteiger partial charge on any atom is -0.462 e. The fourth-order valence-corrected chi connectivity index (χ4v) is 2.02. The number of benzene rings is 1. The summed E-state index contributed by atoms with van der Waals surface area (Å²) in [5, 5.41) is 0.532. The van der Waals surface area contributed by atoms with Crippen molar-refractivity contribution < 1.29 is 9.21 Å². The first-order valence-corrected chi connectivity index (χ1v) is 5.74. The molecule has 0 atom stereocenters. The summed E-state index contributed by atoms with van der Waals surface area (Å²) in [5.74, 6) is 0. The van der Waals surface area contributed by atoms with Gasteiger partial charge in [-0.1, -0.05) is 29.8 Å². The van der Waals surface area contributed by atoms with Gasteiger partial charge in [0.2, 0.25) is 0 Å². The second-order valence-electron chi connectivity index (χ2n) is 3.89. The van der Waals surface area contributed by atoms with Crippen molar-refractivity contribution in [3.63, 3.8) is 0 Å². The van der Waals surface area contributed by atoms with Crippen LogP contribution in [0.4, 0.5) is 0 Å². The fraction of sp³-hybridized carbons (Fsp3) is 0. The van der Waals surface area contributed by atoms with Crippen molar-refractivity contribution in [2.75, 3.05) is 0 Å². The van der Waals surface area contributed by atoms with Gasteiger partial charge in [-0.25, -0.2) is 0 Å². The number of aromatic nitrogens is 1. The van der Waals surface area contributed by atoms with E-state index in [9.17, 15) is 4.79 Å². The molecule has 0 saturated carbocycles. The molecule has 2 aromatic heterocycles. The number of carbonyl (C=O) groups excluding carboxylic acids is 1. The maximum atomic E-state index is 10.8. The Morgan fingerprint density at radius 1 is 1.28 bits per heavy atom. The van der Waals surface area contributed by atoms with Crippen LogP contribution in [0.25, 0.3) is 22.2 Å². The van der Waals surface area contributed by atoms with E-state index in [1.54, 1.807) is 30.7 Å². The van der Waals surface area contributed by atoms with Crippen LogP contribution in [0.5, 0.6) is 0 Å². The summed E-state index contributed by atoms with van der Waals surface area (Å²) in [6.45, 7) is 0. The number of aldehydes is 1. The largest absolute Gasteiger partial charge is 0.462 e. The minimum atomic E-state index is 0.532. The van der Waals surface area contributed by atoms with Gasteiger partial charge in [-0.3, -0.25) is 9.78 Å². The summed E-state index contributed by atoms with van der Waals surface area (Å²) < 4.78 is 5.42. The normalized spacial score (nSPS) is 10.7. The average Bonchev–Trinajstić information content (AvgIpc) is 2.81. The third kappa shape index (κ3) is 1.79. The lowest BCUT2D eigenvalue weighted by atomic mass is 10.1. The van der Waals surface area contributed by atoms with Crippen molar-refractivity contribution in [2.24, 2.45) is 0 Å². The quantitative estimate of drug-likeness (QED) is 0.653. The summed E-state index contributed by atoms with van der Waals surface area (Å²) in [4.78, 5) is 15.0. The number of carbonyl (C=O) groups is 1. The molecule has 4 heteroatoms. The highest BCUT2D eigenvalue weighted by Crippen LogP contribution is 2.30. The Morgan fingerprint density at radius 2 is 2.17 bits per heavy atom. The topological polar surface area (TPSA) is 43.1 Å². The van der Waals surface area contributed by atoms with Crippen LogP contribution in [0, 0.1) is 0 Å². The van der Waals surface area contributed by atoms with Crippen molar-refractivity contribution in [2.45, 2.75) is 0 Å². The van der Waals surface area contributed by atoms with Gasteiger partial charge in [0.1, 0.15) is 18.1 Å². The third-order valence-corrected chi connectivity index (χ3v) is 2.92. The molecule has 0 aliphatic rings.